The zero-order valence-corrected chi connectivity index (χ0v) is 12.2. The van der Waals surface area contributed by atoms with Crippen LogP contribution in [0, 0.1) is 13.8 Å². The number of nitrogens with two attached hydrogens (primary N) is 1. The first kappa shape index (κ1) is 13.3. The minimum absolute atomic E-state index is 0.483. The lowest BCUT2D eigenvalue weighted by Crippen LogP contribution is -1.98. The van der Waals surface area contributed by atoms with Crippen LogP contribution in [0.4, 0.5) is 5.82 Å². The van der Waals surface area contributed by atoms with Crippen molar-refractivity contribution in [1.82, 2.24) is 9.97 Å². The summed E-state index contributed by atoms with van der Waals surface area (Å²) in [7, 11) is 0. The normalized spacial score (nSPS) is 10.6. The lowest BCUT2D eigenvalue weighted by molar-refractivity contribution is 1.18. The average Bonchev–Trinajstić information content (AvgIpc) is 2.50. The molecule has 0 fully saturated rings. The highest BCUT2D eigenvalue weighted by molar-refractivity contribution is 5.67. The molecule has 3 nitrogen and oxygen atoms in total. The molecule has 2 N–H and O–H groups in total. The number of nitrogens with zero attached hydrogens (tertiary/aromatic N) is 2. The molecular formula is C18H17N3. The van der Waals surface area contributed by atoms with Gasteiger partial charge in [-0.3, -0.25) is 0 Å². The number of aryl methyl sites for hydroxylation is 2. The minimum Gasteiger partial charge on any atom is -0.384 e. The number of aromatic nitrogens is 2. The predicted molar refractivity (Wildman–Crippen MR) is 86.8 cm³/mol. The van der Waals surface area contributed by atoms with Crippen LogP contribution in [0.3, 0.4) is 0 Å². The largest absolute Gasteiger partial charge is 0.384 e. The van der Waals surface area contributed by atoms with Crippen molar-refractivity contribution < 1.29 is 0 Å². The Hall–Kier alpha value is -2.68. The van der Waals surface area contributed by atoms with Crippen molar-refractivity contribution in [2.45, 2.75) is 13.8 Å². The van der Waals surface area contributed by atoms with Crippen LogP contribution in [0.15, 0.2) is 54.6 Å². The van der Waals surface area contributed by atoms with E-state index in [4.69, 9.17) is 5.73 Å². The van der Waals surface area contributed by atoms with E-state index in [1.165, 1.54) is 11.1 Å². The molecule has 3 heteroatoms. The molecule has 3 rings (SSSR count). The Kier molecular flexibility index (Phi) is 3.40. The van der Waals surface area contributed by atoms with Crippen molar-refractivity contribution in [1.29, 1.82) is 0 Å². The van der Waals surface area contributed by atoms with Gasteiger partial charge in [0, 0.05) is 17.2 Å². The smallest absolute Gasteiger partial charge is 0.162 e. The van der Waals surface area contributed by atoms with Crippen molar-refractivity contribution in [3.8, 4) is 22.6 Å². The zero-order chi connectivity index (χ0) is 14.8. The molecule has 0 amide bonds. The van der Waals surface area contributed by atoms with Gasteiger partial charge in [0.15, 0.2) is 5.82 Å². The molecule has 0 saturated carbocycles. The van der Waals surface area contributed by atoms with E-state index < -0.39 is 0 Å². The number of nitrogen functional groups attached to an aromatic ring is 1. The van der Waals surface area contributed by atoms with Crippen molar-refractivity contribution >= 4 is 5.82 Å². The van der Waals surface area contributed by atoms with E-state index in [1.54, 1.807) is 6.07 Å². The molecular weight excluding hydrogens is 258 g/mol. The fraction of sp³-hybridized carbons (Fsp3) is 0.111. The third kappa shape index (κ3) is 2.77. The van der Waals surface area contributed by atoms with Crippen molar-refractivity contribution in [2.75, 3.05) is 5.73 Å². The number of benzene rings is 2. The third-order valence-corrected chi connectivity index (χ3v) is 3.58. The van der Waals surface area contributed by atoms with Crippen LogP contribution in [0.2, 0.25) is 0 Å². The summed E-state index contributed by atoms with van der Waals surface area (Å²) in [6.45, 7) is 4.18. The quantitative estimate of drug-likeness (QED) is 0.768. The van der Waals surface area contributed by atoms with E-state index in [2.05, 4.69) is 35.9 Å². The standard InChI is InChI=1S/C18H17N3/c1-12-8-9-15(10-13(12)2)18-20-16(11-17(19)21-18)14-6-4-3-5-7-14/h3-11H,1-2H3,(H2,19,20,21). The first-order chi connectivity index (χ1) is 10.1. The van der Waals surface area contributed by atoms with E-state index in [-0.39, 0.29) is 0 Å². The van der Waals surface area contributed by atoms with Gasteiger partial charge in [0.25, 0.3) is 0 Å². The molecule has 104 valence electrons. The van der Waals surface area contributed by atoms with Gasteiger partial charge in [-0.25, -0.2) is 9.97 Å². The topological polar surface area (TPSA) is 51.8 Å². The van der Waals surface area contributed by atoms with Gasteiger partial charge in [-0.2, -0.15) is 0 Å². The van der Waals surface area contributed by atoms with Crippen LogP contribution < -0.4 is 5.73 Å². The van der Waals surface area contributed by atoms with Crippen LogP contribution >= 0.6 is 0 Å². The summed E-state index contributed by atoms with van der Waals surface area (Å²) >= 11 is 0. The SMILES string of the molecule is Cc1ccc(-c2nc(N)cc(-c3ccccc3)n2)cc1C. The first-order valence-electron chi connectivity index (χ1n) is 6.91. The predicted octanol–water partition coefficient (Wildman–Crippen LogP) is 4.01. The Balaban J connectivity index is 2.11. The summed E-state index contributed by atoms with van der Waals surface area (Å²) in [6, 6.07) is 18.0. The molecule has 0 unspecified atom stereocenters. The molecule has 0 aliphatic carbocycles. The summed E-state index contributed by atoms with van der Waals surface area (Å²) in [6.07, 6.45) is 0. The molecule has 1 heterocycles. The summed E-state index contributed by atoms with van der Waals surface area (Å²) in [5.41, 5.74) is 11.3. The highest BCUT2D eigenvalue weighted by Crippen LogP contribution is 2.24. The maximum atomic E-state index is 5.95. The molecule has 3 aromatic rings. The summed E-state index contributed by atoms with van der Waals surface area (Å²) in [4.78, 5) is 9.02. The van der Waals surface area contributed by atoms with Gasteiger partial charge < -0.3 is 5.73 Å². The van der Waals surface area contributed by atoms with Crippen molar-refractivity contribution in [3.63, 3.8) is 0 Å². The molecule has 1 aromatic heterocycles. The summed E-state index contributed by atoms with van der Waals surface area (Å²) in [5.74, 6) is 1.15. The Bertz CT molecular complexity index is 780. The lowest BCUT2D eigenvalue weighted by Gasteiger charge is -2.08. The number of hydrogen-bond donors (Lipinski definition) is 1. The van der Waals surface area contributed by atoms with Crippen LogP contribution in [-0.2, 0) is 0 Å². The minimum atomic E-state index is 0.483. The van der Waals surface area contributed by atoms with Gasteiger partial charge in [-0.15, -0.1) is 0 Å². The molecule has 0 aliphatic heterocycles. The Morgan fingerprint density at radius 1 is 0.762 bits per heavy atom. The van der Waals surface area contributed by atoms with Gasteiger partial charge in [0.05, 0.1) is 5.69 Å². The van der Waals surface area contributed by atoms with E-state index in [9.17, 15) is 0 Å². The van der Waals surface area contributed by atoms with Crippen LogP contribution in [0.25, 0.3) is 22.6 Å². The molecule has 0 radical (unpaired) electrons. The van der Waals surface area contributed by atoms with Crippen molar-refractivity contribution in [2.24, 2.45) is 0 Å². The second-order valence-corrected chi connectivity index (χ2v) is 5.17. The maximum absolute atomic E-state index is 5.95. The number of hydrogen-bond acceptors (Lipinski definition) is 3. The van der Waals surface area contributed by atoms with Crippen LogP contribution in [0.5, 0.6) is 0 Å². The Labute approximate surface area is 124 Å². The first-order valence-corrected chi connectivity index (χ1v) is 6.91. The lowest BCUT2D eigenvalue weighted by atomic mass is 10.1. The highest BCUT2D eigenvalue weighted by Gasteiger charge is 2.08. The van der Waals surface area contributed by atoms with Gasteiger partial charge in [-0.1, -0.05) is 42.5 Å². The van der Waals surface area contributed by atoms with Gasteiger partial charge in [0.2, 0.25) is 0 Å². The van der Waals surface area contributed by atoms with Gasteiger partial charge in [0.1, 0.15) is 5.82 Å². The van der Waals surface area contributed by atoms with Crippen molar-refractivity contribution in [3.05, 3.63) is 65.7 Å². The van der Waals surface area contributed by atoms with E-state index in [0.29, 0.717) is 11.6 Å². The molecule has 0 aliphatic rings. The molecule has 0 spiro atoms. The number of anilines is 1. The molecule has 0 bridgehead atoms. The highest BCUT2D eigenvalue weighted by atomic mass is 14.9. The van der Waals surface area contributed by atoms with E-state index >= 15 is 0 Å². The summed E-state index contributed by atoms with van der Waals surface area (Å²) < 4.78 is 0. The second-order valence-electron chi connectivity index (χ2n) is 5.17. The van der Waals surface area contributed by atoms with Gasteiger partial charge in [-0.05, 0) is 31.0 Å². The fourth-order valence-corrected chi connectivity index (χ4v) is 2.23. The molecule has 21 heavy (non-hydrogen) atoms. The van der Waals surface area contributed by atoms with Crippen LogP contribution in [-0.4, -0.2) is 9.97 Å². The Morgan fingerprint density at radius 2 is 1.52 bits per heavy atom. The maximum Gasteiger partial charge on any atom is 0.162 e. The third-order valence-electron chi connectivity index (χ3n) is 3.58. The van der Waals surface area contributed by atoms with Crippen LogP contribution in [0.1, 0.15) is 11.1 Å². The number of rotatable bonds is 2. The average molecular weight is 275 g/mol. The molecule has 0 saturated heterocycles. The van der Waals surface area contributed by atoms with E-state index in [1.807, 2.05) is 36.4 Å². The Morgan fingerprint density at radius 3 is 2.24 bits per heavy atom. The monoisotopic (exact) mass is 275 g/mol. The summed E-state index contributed by atoms with van der Waals surface area (Å²) in [5, 5.41) is 0. The molecule has 2 aromatic carbocycles. The van der Waals surface area contributed by atoms with E-state index in [0.717, 1.165) is 16.8 Å². The fourth-order valence-electron chi connectivity index (χ4n) is 2.23. The zero-order valence-electron chi connectivity index (χ0n) is 12.2. The van der Waals surface area contributed by atoms with Gasteiger partial charge >= 0.3 is 0 Å². The second kappa shape index (κ2) is 5.37. The molecule has 0 atom stereocenters.